The Balaban J connectivity index is 1.49. The molecule has 0 unspecified atom stereocenters. The number of ether oxygens (including phenoxy) is 1. The molecule has 0 saturated carbocycles. The Bertz CT molecular complexity index is 1230. The SMILES string of the molecule is O=C1S/C(=C\c2cc(I)c(OCc3ccc(F)cc3)c(I)c2)C(=O)N1Cc1ccc(Br)cc1. The molecule has 2 amide bonds. The first-order chi connectivity index (χ1) is 15.8. The second kappa shape index (κ2) is 10.9. The van der Waals surface area contributed by atoms with Gasteiger partial charge in [0.2, 0.25) is 0 Å². The van der Waals surface area contributed by atoms with E-state index in [9.17, 15) is 14.0 Å². The number of nitrogens with zero attached hydrogens (tertiary/aromatic N) is 1. The number of carbonyl (C=O) groups is 2. The smallest absolute Gasteiger partial charge is 0.293 e. The molecule has 0 bridgehead atoms. The number of amides is 2. The van der Waals surface area contributed by atoms with Crippen molar-refractivity contribution in [3.63, 3.8) is 0 Å². The van der Waals surface area contributed by atoms with Crippen LogP contribution in [-0.4, -0.2) is 16.0 Å². The lowest BCUT2D eigenvalue weighted by Crippen LogP contribution is -2.27. The van der Waals surface area contributed by atoms with E-state index in [0.29, 0.717) is 11.5 Å². The summed E-state index contributed by atoms with van der Waals surface area (Å²) in [7, 11) is 0. The van der Waals surface area contributed by atoms with Crippen molar-refractivity contribution in [2.45, 2.75) is 13.2 Å². The second-order valence-corrected chi connectivity index (χ2v) is 11.4. The van der Waals surface area contributed by atoms with Crippen molar-refractivity contribution in [3.05, 3.63) is 99.7 Å². The van der Waals surface area contributed by atoms with E-state index < -0.39 is 0 Å². The third-order valence-corrected chi connectivity index (χ3v) is 7.78. The van der Waals surface area contributed by atoms with Gasteiger partial charge in [0.05, 0.1) is 18.6 Å². The van der Waals surface area contributed by atoms with Gasteiger partial charge in [-0.25, -0.2) is 4.39 Å². The summed E-state index contributed by atoms with van der Waals surface area (Å²) in [6, 6.07) is 17.5. The van der Waals surface area contributed by atoms with Crippen LogP contribution in [0.15, 0.2) is 70.0 Å². The molecule has 9 heteroatoms. The largest absolute Gasteiger partial charge is 0.487 e. The van der Waals surface area contributed by atoms with Gasteiger partial charge in [0, 0.05) is 4.47 Å². The zero-order valence-corrected chi connectivity index (χ0v) is 23.6. The van der Waals surface area contributed by atoms with Gasteiger partial charge >= 0.3 is 0 Å². The first kappa shape index (κ1) is 24.7. The molecule has 0 atom stereocenters. The van der Waals surface area contributed by atoms with Crippen LogP contribution < -0.4 is 4.74 Å². The average molecular weight is 750 g/mol. The van der Waals surface area contributed by atoms with Gasteiger partial charge < -0.3 is 4.74 Å². The van der Waals surface area contributed by atoms with E-state index in [-0.39, 0.29) is 23.5 Å². The summed E-state index contributed by atoms with van der Waals surface area (Å²) in [5.41, 5.74) is 2.56. The zero-order valence-electron chi connectivity index (χ0n) is 16.9. The summed E-state index contributed by atoms with van der Waals surface area (Å²) in [5.74, 6) is 0.143. The average Bonchev–Trinajstić information content (AvgIpc) is 3.03. The molecule has 1 heterocycles. The topological polar surface area (TPSA) is 46.6 Å². The molecule has 4 nitrogen and oxygen atoms in total. The first-order valence-electron chi connectivity index (χ1n) is 9.66. The summed E-state index contributed by atoms with van der Waals surface area (Å²) in [5, 5.41) is -0.280. The Morgan fingerprint density at radius 2 is 1.58 bits per heavy atom. The molecule has 1 fully saturated rings. The fourth-order valence-corrected chi connectivity index (χ4v) is 6.33. The van der Waals surface area contributed by atoms with Crippen LogP contribution in [0.1, 0.15) is 16.7 Å². The van der Waals surface area contributed by atoms with Crippen LogP contribution in [-0.2, 0) is 17.9 Å². The number of hydrogen-bond donors (Lipinski definition) is 0. The molecule has 0 spiro atoms. The molecule has 3 aromatic rings. The van der Waals surface area contributed by atoms with Crippen LogP contribution in [0.3, 0.4) is 0 Å². The maximum absolute atomic E-state index is 13.1. The summed E-state index contributed by atoms with van der Waals surface area (Å²) in [4.78, 5) is 27.0. The van der Waals surface area contributed by atoms with Gasteiger partial charge in [0.25, 0.3) is 11.1 Å². The van der Waals surface area contributed by atoms with Gasteiger partial charge in [-0.15, -0.1) is 0 Å². The van der Waals surface area contributed by atoms with Gasteiger partial charge in [-0.1, -0.05) is 40.2 Å². The van der Waals surface area contributed by atoms with E-state index in [1.165, 1.54) is 17.0 Å². The molecule has 1 saturated heterocycles. The number of hydrogen-bond acceptors (Lipinski definition) is 4. The normalized spacial score (nSPS) is 14.9. The van der Waals surface area contributed by atoms with Crippen molar-refractivity contribution in [2.24, 2.45) is 0 Å². The van der Waals surface area contributed by atoms with Gasteiger partial charge in [-0.2, -0.15) is 0 Å². The molecule has 3 aromatic carbocycles. The molecular weight excluding hydrogens is 735 g/mol. The molecule has 33 heavy (non-hydrogen) atoms. The molecule has 0 radical (unpaired) electrons. The van der Waals surface area contributed by atoms with Crippen LogP contribution in [0, 0.1) is 13.0 Å². The lowest BCUT2D eigenvalue weighted by atomic mass is 10.2. The van der Waals surface area contributed by atoms with Crippen LogP contribution in [0.25, 0.3) is 6.08 Å². The Morgan fingerprint density at radius 3 is 2.21 bits per heavy atom. The lowest BCUT2D eigenvalue weighted by Gasteiger charge is -2.13. The Hall–Kier alpha value is -1.44. The third-order valence-electron chi connectivity index (χ3n) is 4.74. The summed E-state index contributed by atoms with van der Waals surface area (Å²) in [6.07, 6.45) is 1.74. The first-order valence-corrected chi connectivity index (χ1v) is 13.4. The zero-order chi connectivity index (χ0) is 23.5. The van der Waals surface area contributed by atoms with Gasteiger partial charge in [-0.3, -0.25) is 14.5 Å². The van der Waals surface area contributed by atoms with Crippen molar-refractivity contribution >= 4 is 90.1 Å². The highest BCUT2D eigenvalue weighted by Gasteiger charge is 2.35. The Morgan fingerprint density at radius 1 is 0.970 bits per heavy atom. The predicted molar refractivity (Wildman–Crippen MR) is 148 cm³/mol. The maximum atomic E-state index is 13.1. The highest BCUT2D eigenvalue weighted by Crippen LogP contribution is 2.35. The van der Waals surface area contributed by atoms with E-state index in [0.717, 1.165) is 45.8 Å². The second-order valence-electron chi connectivity index (χ2n) is 7.12. The maximum Gasteiger partial charge on any atom is 0.293 e. The molecule has 0 aromatic heterocycles. The summed E-state index contributed by atoms with van der Waals surface area (Å²) >= 11 is 8.70. The number of rotatable bonds is 6. The highest BCUT2D eigenvalue weighted by atomic mass is 127. The van der Waals surface area contributed by atoms with Crippen molar-refractivity contribution in [2.75, 3.05) is 0 Å². The Labute approximate surface area is 230 Å². The van der Waals surface area contributed by atoms with E-state index in [2.05, 4.69) is 61.1 Å². The monoisotopic (exact) mass is 749 g/mol. The number of thioether (sulfide) groups is 1. The molecule has 1 aliphatic heterocycles. The molecule has 1 aliphatic rings. The van der Waals surface area contributed by atoms with E-state index in [4.69, 9.17) is 4.74 Å². The summed E-state index contributed by atoms with van der Waals surface area (Å²) in [6.45, 7) is 0.557. The van der Waals surface area contributed by atoms with Crippen molar-refractivity contribution < 1.29 is 18.7 Å². The molecule has 0 aliphatic carbocycles. The fraction of sp³-hybridized carbons (Fsp3) is 0.0833. The highest BCUT2D eigenvalue weighted by molar-refractivity contribution is 14.1. The minimum atomic E-state index is -0.297. The van der Waals surface area contributed by atoms with E-state index >= 15 is 0 Å². The van der Waals surface area contributed by atoms with Crippen molar-refractivity contribution in [3.8, 4) is 5.75 Å². The minimum absolute atomic E-state index is 0.237. The van der Waals surface area contributed by atoms with Gasteiger partial charge in [0.15, 0.2) is 0 Å². The number of benzene rings is 3. The minimum Gasteiger partial charge on any atom is -0.487 e. The molecule has 0 N–H and O–H groups in total. The number of carbonyl (C=O) groups excluding carboxylic acids is 2. The number of halogens is 4. The summed E-state index contributed by atoms with van der Waals surface area (Å²) < 4.78 is 21.7. The molecule has 4 rings (SSSR count). The lowest BCUT2D eigenvalue weighted by molar-refractivity contribution is -0.123. The Kier molecular flexibility index (Phi) is 8.13. The standard InChI is InChI=1S/C24H15BrFI2NO3S/c25-17-5-1-14(2-6-17)12-29-23(30)21(33-24(29)31)11-16-9-19(27)22(20(28)10-16)32-13-15-3-7-18(26)8-4-15/h1-11H,12-13H2/b21-11-. The third kappa shape index (κ3) is 6.17. The van der Waals surface area contributed by atoms with Crippen LogP contribution in [0.2, 0.25) is 0 Å². The van der Waals surface area contributed by atoms with Gasteiger partial charge in [-0.05, 0) is 116 Å². The van der Waals surface area contributed by atoms with Crippen LogP contribution in [0.4, 0.5) is 9.18 Å². The van der Waals surface area contributed by atoms with Crippen LogP contribution in [0.5, 0.6) is 5.75 Å². The van der Waals surface area contributed by atoms with Crippen molar-refractivity contribution in [1.82, 2.24) is 4.90 Å². The van der Waals surface area contributed by atoms with E-state index in [1.807, 2.05) is 36.4 Å². The fourth-order valence-electron chi connectivity index (χ4n) is 3.10. The predicted octanol–water partition coefficient (Wildman–Crippen LogP) is 7.61. The van der Waals surface area contributed by atoms with Gasteiger partial charge in [0.1, 0.15) is 18.2 Å². The quantitative estimate of drug-likeness (QED) is 0.192. The number of imide groups is 1. The van der Waals surface area contributed by atoms with Crippen LogP contribution >= 0.6 is 72.9 Å². The van der Waals surface area contributed by atoms with E-state index in [1.54, 1.807) is 18.2 Å². The molecule has 168 valence electrons. The molecular formula is C24H15BrFI2NO3S. The van der Waals surface area contributed by atoms with Crippen molar-refractivity contribution in [1.29, 1.82) is 0 Å².